The van der Waals surface area contributed by atoms with Gasteiger partial charge in [0.15, 0.2) is 0 Å². The molecule has 2 aromatic carbocycles. The van der Waals surface area contributed by atoms with Crippen LogP contribution in [0.1, 0.15) is 54.4 Å². The number of nitrogens with one attached hydrogen (secondary N) is 2. The summed E-state index contributed by atoms with van der Waals surface area (Å²) in [5, 5.41) is 6.25. The topological polar surface area (TPSA) is 95.6 Å². The molecule has 1 saturated carbocycles. The molecule has 1 aliphatic carbocycles. The van der Waals surface area contributed by atoms with Crippen molar-refractivity contribution < 1.29 is 22.4 Å². The second kappa shape index (κ2) is 10.9. The third-order valence-electron chi connectivity index (χ3n) is 7.08. The van der Waals surface area contributed by atoms with Gasteiger partial charge in [-0.05, 0) is 68.5 Å². The SMILES string of the molecule is Cc1ccccc1C(=O)N[C@@H]1CCCCC1NC(=O)C1CCN(S(=O)(=O)c2ccc(F)cc2)CC1. The van der Waals surface area contributed by atoms with Crippen LogP contribution in [0.25, 0.3) is 0 Å². The van der Waals surface area contributed by atoms with Crippen molar-refractivity contribution in [3.63, 3.8) is 0 Å². The average molecular weight is 502 g/mol. The molecule has 1 saturated heterocycles. The molecule has 0 aromatic heterocycles. The van der Waals surface area contributed by atoms with Crippen LogP contribution in [0.2, 0.25) is 0 Å². The number of hydrogen-bond acceptors (Lipinski definition) is 4. The van der Waals surface area contributed by atoms with Crippen LogP contribution in [0.15, 0.2) is 53.4 Å². The van der Waals surface area contributed by atoms with Gasteiger partial charge in [-0.25, -0.2) is 12.8 Å². The number of carbonyl (C=O) groups excluding carboxylic acids is 2. The van der Waals surface area contributed by atoms with Crippen molar-refractivity contribution in [2.45, 2.75) is 62.4 Å². The van der Waals surface area contributed by atoms with E-state index in [1.54, 1.807) is 6.07 Å². The lowest BCUT2D eigenvalue weighted by atomic mass is 9.88. The fourth-order valence-electron chi connectivity index (χ4n) is 4.96. The number of nitrogens with zero attached hydrogens (tertiary/aromatic N) is 1. The van der Waals surface area contributed by atoms with Crippen LogP contribution in [0.5, 0.6) is 0 Å². The summed E-state index contributed by atoms with van der Waals surface area (Å²) in [7, 11) is -3.72. The Balaban J connectivity index is 1.33. The van der Waals surface area contributed by atoms with Crippen molar-refractivity contribution in [1.29, 1.82) is 0 Å². The van der Waals surface area contributed by atoms with Crippen LogP contribution in [0.4, 0.5) is 4.39 Å². The first-order chi connectivity index (χ1) is 16.8. The second-order valence-corrected chi connectivity index (χ2v) is 11.4. The van der Waals surface area contributed by atoms with Gasteiger partial charge in [-0.1, -0.05) is 31.0 Å². The Kier molecular flexibility index (Phi) is 7.86. The maximum Gasteiger partial charge on any atom is 0.251 e. The summed E-state index contributed by atoms with van der Waals surface area (Å²) in [4.78, 5) is 25.9. The normalized spacial score (nSPS) is 21.9. The number of halogens is 1. The molecule has 2 amide bonds. The summed E-state index contributed by atoms with van der Waals surface area (Å²) in [5.74, 6) is -1.00. The molecule has 2 fully saturated rings. The van der Waals surface area contributed by atoms with Crippen molar-refractivity contribution in [1.82, 2.24) is 14.9 Å². The Hall–Kier alpha value is -2.78. The van der Waals surface area contributed by atoms with E-state index in [1.165, 1.54) is 16.4 Å². The molecule has 9 heteroatoms. The molecule has 1 aliphatic heterocycles. The van der Waals surface area contributed by atoms with Gasteiger partial charge in [-0.15, -0.1) is 0 Å². The van der Waals surface area contributed by atoms with Gasteiger partial charge in [0, 0.05) is 36.7 Å². The van der Waals surface area contributed by atoms with E-state index in [2.05, 4.69) is 10.6 Å². The number of amides is 2. The minimum absolute atomic E-state index is 0.0521. The van der Waals surface area contributed by atoms with Crippen LogP contribution in [-0.2, 0) is 14.8 Å². The number of carbonyl (C=O) groups is 2. The third kappa shape index (κ3) is 5.90. The average Bonchev–Trinajstić information content (AvgIpc) is 2.86. The van der Waals surface area contributed by atoms with E-state index in [0.717, 1.165) is 43.4 Å². The molecule has 188 valence electrons. The maximum atomic E-state index is 13.2. The van der Waals surface area contributed by atoms with Crippen molar-refractivity contribution >= 4 is 21.8 Å². The third-order valence-corrected chi connectivity index (χ3v) is 8.99. The molecular weight excluding hydrogens is 469 g/mol. The molecule has 7 nitrogen and oxygen atoms in total. The minimum Gasteiger partial charge on any atom is -0.351 e. The van der Waals surface area contributed by atoms with Crippen molar-refractivity contribution in [2.75, 3.05) is 13.1 Å². The van der Waals surface area contributed by atoms with Gasteiger partial charge in [0.05, 0.1) is 4.90 Å². The molecule has 4 rings (SSSR count). The highest BCUT2D eigenvalue weighted by Crippen LogP contribution is 2.26. The van der Waals surface area contributed by atoms with Crippen molar-refractivity contribution in [3.05, 3.63) is 65.5 Å². The summed E-state index contributed by atoms with van der Waals surface area (Å²) in [6.45, 7) is 2.36. The number of rotatable bonds is 6. The highest BCUT2D eigenvalue weighted by Gasteiger charge is 2.34. The number of piperidine rings is 1. The summed E-state index contributed by atoms with van der Waals surface area (Å²) >= 11 is 0. The summed E-state index contributed by atoms with van der Waals surface area (Å²) in [6, 6.07) is 11.9. The molecule has 1 unspecified atom stereocenters. The molecule has 35 heavy (non-hydrogen) atoms. The van der Waals surface area contributed by atoms with Crippen LogP contribution < -0.4 is 10.6 Å². The van der Waals surface area contributed by atoms with E-state index in [9.17, 15) is 22.4 Å². The maximum absolute atomic E-state index is 13.2. The lowest BCUT2D eigenvalue weighted by molar-refractivity contribution is -0.127. The smallest absolute Gasteiger partial charge is 0.251 e. The number of sulfonamides is 1. The predicted octanol–water partition coefficient (Wildman–Crippen LogP) is 3.39. The van der Waals surface area contributed by atoms with E-state index in [0.29, 0.717) is 18.4 Å². The lowest BCUT2D eigenvalue weighted by Crippen LogP contribution is -2.55. The van der Waals surface area contributed by atoms with E-state index in [-0.39, 0.29) is 47.8 Å². The zero-order valence-corrected chi connectivity index (χ0v) is 20.7. The Morgan fingerprint density at radius 3 is 2.11 bits per heavy atom. The van der Waals surface area contributed by atoms with Crippen LogP contribution in [0, 0.1) is 18.7 Å². The Morgan fingerprint density at radius 1 is 0.886 bits per heavy atom. The molecule has 2 aromatic rings. The highest BCUT2D eigenvalue weighted by atomic mass is 32.2. The lowest BCUT2D eigenvalue weighted by Gasteiger charge is -2.35. The molecule has 1 heterocycles. The van der Waals surface area contributed by atoms with Gasteiger partial charge >= 0.3 is 0 Å². The second-order valence-electron chi connectivity index (χ2n) is 9.43. The van der Waals surface area contributed by atoms with Crippen molar-refractivity contribution in [2.24, 2.45) is 5.92 Å². The first kappa shape index (κ1) is 25.3. The minimum atomic E-state index is -3.72. The molecular formula is C26H32FN3O4S. The molecule has 0 bridgehead atoms. The highest BCUT2D eigenvalue weighted by molar-refractivity contribution is 7.89. The summed E-state index contributed by atoms with van der Waals surface area (Å²) in [6.07, 6.45) is 4.40. The van der Waals surface area contributed by atoms with Gasteiger partial charge in [0.1, 0.15) is 5.82 Å². The van der Waals surface area contributed by atoms with Gasteiger partial charge in [0.25, 0.3) is 5.91 Å². The molecule has 0 spiro atoms. The standard InChI is InChI=1S/C26H32FN3O4S/c1-18-6-2-3-7-22(18)26(32)29-24-9-5-4-8-23(24)28-25(31)19-14-16-30(17-15-19)35(33,34)21-12-10-20(27)11-13-21/h2-3,6-7,10-13,19,23-24H,4-5,8-9,14-17H2,1H3,(H,28,31)(H,29,32)/t23?,24-/m1/s1. The van der Waals surface area contributed by atoms with E-state index >= 15 is 0 Å². The Morgan fingerprint density at radius 2 is 1.49 bits per heavy atom. The van der Waals surface area contributed by atoms with Gasteiger partial charge < -0.3 is 10.6 Å². The fraction of sp³-hybridized carbons (Fsp3) is 0.462. The van der Waals surface area contributed by atoms with Crippen LogP contribution in [-0.4, -0.2) is 49.7 Å². The summed E-state index contributed by atoms with van der Waals surface area (Å²) in [5.41, 5.74) is 1.54. The molecule has 2 N–H and O–H groups in total. The van der Waals surface area contributed by atoms with E-state index in [4.69, 9.17) is 0 Å². The van der Waals surface area contributed by atoms with Gasteiger partial charge in [-0.3, -0.25) is 9.59 Å². The Labute approximate surface area is 206 Å². The largest absolute Gasteiger partial charge is 0.351 e. The fourth-order valence-corrected chi connectivity index (χ4v) is 6.43. The molecule has 2 atom stereocenters. The zero-order chi connectivity index (χ0) is 25.0. The zero-order valence-electron chi connectivity index (χ0n) is 19.9. The summed E-state index contributed by atoms with van der Waals surface area (Å²) < 4.78 is 40.2. The predicted molar refractivity (Wildman–Crippen MR) is 131 cm³/mol. The molecule has 2 aliphatic rings. The number of hydrogen-bond donors (Lipinski definition) is 2. The van der Waals surface area contributed by atoms with Crippen LogP contribution >= 0.6 is 0 Å². The van der Waals surface area contributed by atoms with Crippen molar-refractivity contribution in [3.8, 4) is 0 Å². The van der Waals surface area contributed by atoms with Gasteiger partial charge in [-0.2, -0.15) is 4.31 Å². The van der Waals surface area contributed by atoms with Crippen LogP contribution in [0.3, 0.4) is 0 Å². The van der Waals surface area contributed by atoms with Gasteiger partial charge in [0.2, 0.25) is 15.9 Å². The van der Waals surface area contributed by atoms with E-state index in [1.807, 2.05) is 25.1 Å². The molecule has 0 radical (unpaired) electrons. The number of aryl methyl sites for hydroxylation is 1. The number of benzene rings is 2. The van der Waals surface area contributed by atoms with E-state index < -0.39 is 15.8 Å². The first-order valence-electron chi connectivity index (χ1n) is 12.2. The Bertz CT molecular complexity index is 1160. The quantitative estimate of drug-likeness (QED) is 0.634. The first-order valence-corrected chi connectivity index (χ1v) is 13.6. The monoisotopic (exact) mass is 501 g/mol.